The van der Waals surface area contributed by atoms with Gasteiger partial charge < -0.3 is 5.11 Å². The summed E-state index contributed by atoms with van der Waals surface area (Å²) in [6.07, 6.45) is 1.64. The Labute approximate surface area is 109 Å². The van der Waals surface area contributed by atoms with Gasteiger partial charge in [0.05, 0.1) is 12.0 Å². The molecule has 1 aliphatic rings. The first-order valence-corrected chi connectivity index (χ1v) is 6.57. The van der Waals surface area contributed by atoms with E-state index in [1.807, 2.05) is 19.1 Å². The van der Waals surface area contributed by atoms with Gasteiger partial charge >= 0.3 is 0 Å². The van der Waals surface area contributed by atoms with Crippen molar-refractivity contribution in [3.8, 4) is 0 Å². The summed E-state index contributed by atoms with van der Waals surface area (Å²) in [6, 6.07) is 6.11. The standard InChI is InChI=1S/C16H22O2/c1-11-5-6-12(15(2,3)4)9-13(11)14(18)16(10-17)7-8-16/h5-6,9,17H,7-8,10H2,1-4H3. The number of carbonyl (C=O) groups is 1. The van der Waals surface area contributed by atoms with Crippen LogP contribution in [0.3, 0.4) is 0 Å². The van der Waals surface area contributed by atoms with Gasteiger partial charge in [0.25, 0.3) is 0 Å². The van der Waals surface area contributed by atoms with Gasteiger partial charge in [-0.1, -0.05) is 32.9 Å². The Kier molecular flexibility index (Phi) is 3.10. The molecule has 2 rings (SSSR count). The lowest BCUT2D eigenvalue weighted by atomic mass is 9.83. The van der Waals surface area contributed by atoms with E-state index in [4.69, 9.17) is 0 Å². The van der Waals surface area contributed by atoms with E-state index >= 15 is 0 Å². The van der Waals surface area contributed by atoms with Gasteiger partial charge in [0.1, 0.15) is 0 Å². The summed E-state index contributed by atoms with van der Waals surface area (Å²) in [5.41, 5.74) is 2.53. The number of aryl methyl sites for hydroxylation is 1. The van der Waals surface area contributed by atoms with Crippen LogP contribution in [-0.2, 0) is 5.41 Å². The molecule has 98 valence electrons. The fraction of sp³-hybridized carbons (Fsp3) is 0.562. The minimum atomic E-state index is -0.471. The monoisotopic (exact) mass is 246 g/mol. The lowest BCUT2D eigenvalue weighted by Crippen LogP contribution is -2.22. The Morgan fingerprint density at radius 3 is 2.39 bits per heavy atom. The van der Waals surface area contributed by atoms with Crippen molar-refractivity contribution in [2.45, 2.75) is 46.0 Å². The molecule has 0 atom stereocenters. The molecule has 1 fully saturated rings. The van der Waals surface area contributed by atoms with Gasteiger partial charge in [-0.15, -0.1) is 0 Å². The van der Waals surface area contributed by atoms with Crippen molar-refractivity contribution >= 4 is 5.78 Å². The third-order valence-corrected chi connectivity index (χ3v) is 3.99. The molecule has 1 N–H and O–H groups in total. The van der Waals surface area contributed by atoms with Crippen molar-refractivity contribution in [2.24, 2.45) is 5.41 Å². The van der Waals surface area contributed by atoms with E-state index in [0.29, 0.717) is 0 Å². The molecular weight excluding hydrogens is 224 g/mol. The van der Waals surface area contributed by atoms with Crippen molar-refractivity contribution in [1.82, 2.24) is 0 Å². The van der Waals surface area contributed by atoms with Crippen LogP contribution in [0.1, 0.15) is 55.1 Å². The number of ketones is 1. The molecule has 18 heavy (non-hydrogen) atoms. The minimum Gasteiger partial charge on any atom is -0.395 e. The Bertz CT molecular complexity index is 476. The average Bonchev–Trinajstić information content (AvgIpc) is 3.08. The van der Waals surface area contributed by atoms with Gasteiger partial charge in [0, 0.05) is 5.56 Å². The van der Waals surface area contributed by atoms with Crippen molar-refractivity contribution in [2.75, 3.05) is 6.61 Å². The third-order valence-electron chi connectivity index (χ3n) is 3.99. The van der Waals surface area contributed by atoms with Gasteiger partial charge in [-0.05, 0) is 42.4 Å². The molecule has 0 aromatic heterocycles. The van der Waals surface area contributed by atoms with E-state index in [-0.39, 0.29) is 17.8 Å². The average molecular weight is 246 g/mol. The number of hydrogen-bond donors (Lipinski definition) is 1. The summed E-state index contributed by atoms with van der Waals surface area (Å²) in [7, 11) is 0. The van der Waals surface area contributed by atoms with E-state index in [0.717, 1.165) is 24.0 Å². The fourth-order valence-corrected chi connectivity index (χ4v) is 2.23. The number of aliphatic hydroxyl groups is 1. The second kappa shape index (κ2) is 4.20. The molecule has 0 bridgehead atoms. The van der Waals surface area contributed by atoms with Crippen LogP contribution in [0, 0.1) is 12.3 Å². The summed E-state index contributed by atoms with van der Waals surface area (Å²) < 4.78 is 0. The molecule has 1 aromatic carbocycles. The van der Waals surface area contributed by atoms with Crippen LogP contribution in [0.4, 0.5) is 0 Å². The van der Waals surface area contributed by atoms with Crippen molar-refractivity contribution < 1.29 is 9.90 Å². The molecule has 1 saturated carbocycles. The van der Waals surface area contributed by atoms with E-state index in [2.05, 4.69) is 26.8 Å². The Morgan fingerprint density at radius 1 is 1.33 bits per heavy atom. The van der Waals surface area contributed by atoms with Crippen LogP contribution in [0.2, 0.25) is 0 Å². The quantitative estimate of drug-likeness (QED) is 0.831. The normalized spacial score (nSPS) is 17.6. The van der Waals surface area contributed by atoms with Crippen molar-refractivity contribution in [3.05, 3.63) is 34.9 Å². The predicted octanol–water partition coefficient (Wildman–Crippen LogP) is 3.25. The molecule has 0 unspecified atom stereocenters. The predicted molar refractivity (Wildman–Crippen MR) is 73.0 cm³/mol. The highest BCUT2D eigenvalue weighted by molar-refractivity contribution is 6.03. The van der Waals surface area contributed by atoms with Gasteiger partial charge in [-0.25, -0.2) is 0 Å². The first-order valence-electron chi connectivity index (χ1n) is 6.57. The Balaban J connectivity index is 2.42. The third kappa shape index (κ3) is 2.22. The number of benzene rings is 1. The fourth-order valence-electron chi connectivity index (χ4n) is 2.23. The molecule has 0 spiro atoms. The van der Waals surface area contributed by atoms with E-state index in [9.17, 15) is 9.90 Å². The molecule has 2 heteroatoms. The maximum Gasteiger partial charge on any atom is 0.171 e. The molecule has 1 aromatic rings. The zero-order valence-corrected chi connectivity index (χ0v) is 11.7. The first kappa shape index (κ1) is 13.3. The molecule has 0 heterocycles. The number of aliphatic hydroxyl groups excluding tert-OH is 1. The van der Waals surface area contributed by atoms with Crippen LogP contribution in [0.5, 0.6) is 0 Å². The molecule has 0 saturated heterocycles. The molecule has 0 amide bonds. The van der Waals surface area contributed by atoms with Crippen LogP contribution in [-0.4, -0.2) is 17.5 Å². The smallest absolute Gasteiger partial charge is 0.171 e. The summed E-state index contributed by atoms with van der Waals surface area (Å²) in [5.74, 6) is 0.119. The molecule has 0 radical (unpaired) electrons. The van der Waals surface area contributed by atoms with E-state index in [1.165, 1.54) is 5.56 Å². The number of Topliss-reactive ketones (excluding diaryl/α,β-unsaturated/α-hetero) is 1. The zero-order valence-electron chi connectivity index (χ0n) is 11.7. The maximum atomic E-state index is 12.5. The maximum absolute atomic E-state index is 12.5. The van der Waals surface area contributed by atoms with Crippen LogP contribution < -0.4 is 0 Å². The zero-order chi connectivity index (χ0) is 13.6. The van der Waals surface area contributed by atoms with Crippen LogP contribution in [0.15, 0.2) is 18.2 Å². The number of carbonyl (C=O) groups excluding carboxylic acids is 1. The number of rotatable bonds is 3. The summed E-state index contributed by atoms with van der Waals surface area (Å²) in [4.78, 5) is 12.5. The lowest BCUT2D eigenvalue weighted by Gasteiger charge is -2.21. The van der Waals surface area contributed by atoms with Gasteiger partial charge in [0.2, 0.25) is 0 Å². The lowest BCUT2D eigenvalue weighted by molar-refractivity contribution is 0.0829. The molecular formula is C16H22O2. The first-order chi connectivity index (χ1) is 8.30. The largest absolute Gasteiger partial charge is 0.395 e. The van der Waals surface area contributed by atoms with Crippen molar-refractivity contribution in [1.29, 1.82) is 0 Å². The molecule has 1 aliphatic carbocycles. The van der Waals surface area contributed by atoms with E-state index < -0.39 is 5.41 Å². The summed E-state index contributed by atoms with van der Waals surface area (Å²) in [6.45, 7) is 8.37. The summed E-state index contributed by atoms with van der Waals surface area (Å²) >= 11 is 0. The minimum absolute atomic E-state index is 0.0228. The van der Waals surface area contributed by atoms with Crippen molar-refractivity contribution in [3.63, 3.8) is 0 Å². The Hall–Kier alpha value is -1.15. The number of hydrogen-bond acceptors (Lipinski definition) is 2. The highest BCUT2D eigenvalue weighted by Gasteiger charge is 2.49. The SMILES string of the molecule is Cc1ccc(C(C)(C)C)cc1C(=O)C1(CO)CC1. The topological polar surface area (TPSA) is 37.3 Å². The van der Waals surface area contributed by atoms with Gasteiger partial charge in [-0.3, -0.25) is 4.79 Å². The highest BCUT2D eigenvalue weighted by atomic mass is 16.3. The summed E-state index contributed by atoms with van der Waals surface area (Å²) in [5, 5.41) is 9.39. The molecule has 0 aliphatic heterocycles. The molecule has 2 nitrogen and oxygen atoms in total. The van der Waals surface area contributed by atoms with Crippen LogP contribution >= 0.6 is 0 Å². The highest BCUT2D eigenvalue weighted by Crippen LogP contribution is 2.48. The Morgan fingerprint density at radius 2 is 1.94 bits per heavy atom. The van der Waals surface area contributed by atoms with Gasteiger partial charge in [0.15, 0.2) is 5.78 Å². The second-order valence-electron chi connectivity index (χ2n) is 6.55. The van der Waals surface area contributed by atoms with Crippen LogP contribution in [0.25, 0.3) is 0 Å². The van der Waals surface area contributed by atoms with E-state index in [1.54, 1.807) is 0 Å². The van der Waals surface area contributed by atoms with Gasteiger partial charge in [-0.2, -0.15) is 0 Å². The second-order valence-corrected chi connectivity index (χ2v) is 6.55.